The number of carbonyl (C=O) groups is 2. The molecule has 1 aromatic carbocycles. The molecular formula is C17H23N3O2. The van der Waals surface area contributed by atoms with Crippen molar-refractivity contribution in [3.63, 3.8) is 0 Å². The molecule has 5 nitrogen and oxygen atoms in total. The van der Waals surface area contributed by atoms with Crippen LogP contribution in [0.15, 0.2) is 24.3 Å². The van der Waals surface area contributed by atoms with Crippen LogP contribution in [-0.4, -0.2) is 23.9 Å². The highest BCUT2D eigenvalue weighted by atomic mass is 16.2. The van der Waals surface area contributed by atoms with Crippen molar-refractivity contribution >= 4 is 17.5 Å². The molecule has 3 rings (SSSR count). The van der Waals surface area contributed by atoms with Gasteiger partial charge in [-0.05, 0) is 37.0 Å². The highest BCUT2D eigenvalue weighted by Crippen LogP contribution is 2.27. The first-order chi connectivity index (χ1) is 10.6. The monoisotopic (exact) mass is 301 g/mol. The van der Waals surface area contributed by atoms with Gasteiger partial charge in [0.2, 0.25) is 11.8 Å². The molecule has 2 fully saturated rings. The Bertz CT molecular complexity index is 579. The van der Waals surface area contributed by atoms with Crippen LogP contribution in [-0.2, 0) is 16.1 Å². The van der Waals surface area contributed by atoms with Gasteiger partial charge in [-0.25, -0.2) is 0 Å². The maximum absolute atomic E-state index is 12.2. The lowest BCUT2D eigenvalue weighted by atomic mass is 9.98. The van der Waals surface area contributed by atoms with E-state index in [2.05, 4.69) is 5.32 Å². The third-order valence-corrected chi connectivity index (χ3v) is 4.70. The normalized spacial score (nSPS) is 20.4. The molecule has 2 aliphatic rings. The highest BCUT2D eigenvalue weighted by molar-refractivity contribution is 5.95. The van der Waals surface area contributed by atoms with E-state index >= 15 is 0 Å². The Kier molecular flexibility index (Phi) is 4.16. The summed E-state index contributed by atoms with van der Waals surface area (Å²) in [6.45, 7) is 1.23. The van der Waals surface area contributed by atoms with Gasteiger partial charge in [-0.2, -0.15) is 0 Å². The third-order valence-electron chi connectivity index (χ3n) is 4.70. The van der Waals surface area contributed by atoms with Crippen LogP contribution >= 0.6 is 0 Å². The zero-order valence-corrected chi connectivity index (χ0v) is 12.8. The fourth-order valence-electron chi connectivity index (χ4n) is 3.35. The molecular weight excluding hydrogens is 278 g/mol. The topological polar surface area (TPSA) is 75.4 Å². The summed E-state index contributed by atoms with van der Waals surface area (Å²) in [5.74, 6) is 0.112. The van der Waals surface area contributed by atoms with Crippen LogP contribution in [0, 0.1) is 0 Å². The summed E-state index contributed by atoms with van der Waals surface area (Å²) in [4.78, 5) is 25.9. The van der Waals surface area contributed by atoms with E-state index < -0.39 is 5.54 Å². The first-order valence-electron chi connectivity index (χ1n) is 8.05. The molecule has 1 heterocycles. The van der Waals surface area contributed by atoms with Crippen LogP contribution in [0.3, 0.4) is 0 Å². The van der Waals surface area contributed by atoms with E-state index in [0.717, 1.165) is 49.9 Å². The molecule has 1 aliphatic heterocycles. The van der Waals surface area contributed by atoms with E-state index in [9.17, 15) is 9.59 Å². The minimum Gasteiger partial charge on any atom is -0.350 e. The molecule has 0 radical (unpaired) electrons. The van der Waals surface area contributed by atoms with Gasteiger partial charge in [-0.1, -0.05) is 25.0 Å². The molecule has 1 aliphatic carbocycles. The number of nitrogens with two attached hydrogens (primary N) is 1. The average Bonchev–Trinajstić information content (AvgIpc) is 3.14. The maximum Gasteiger partial charge on any atom is 0.240 e. The summed E-state index contributed by atoms with van der Waals surface area (Å²) in [6, 6.07) is 7.80. The van der Waals surface area contributed by atoms with Gasteiger partial charge in [0.25, 0.3) is 0 Å². The Morgan fingerprint density at radius 1 is 1.27 bits per heavy atom. The number of rotatable bonds is 4. The molecule has 1 aromatic rings. The van der Waals surface area contributed by atoms with Gasteiger partial charge in [0.15, 0.2) is 0 Å². The van der Waals surface area contributed by atoms with Gasteiger partial charge in [0.1, 0.15) is 0 Å². The molecule has 0 bridgehead atoms. The van der Waals surface area contributed by atoms with Crippen LogP contribution in [0.2, 0.25) is 0 Å². The smallest absolute Gasteiger partial charge is 0.240 e. The Labute approximate surface area is 130 Å². The number of hydrogen-bond acceptors (Lipinski definition) is 3. The molecule has 22 heavy (non-hydrogen) atoms. The van der Waals surface area contributed by atoms with Crippen molar-refractivity contribution in [1.82, 2.24) is 5.32 Å². The summed E-state index contributed by atoms with van der Waals surface area (Å²) in [6.07, 6.45) is 5.11. The van der Waals surface area contributed by atoms with Gasteiger partial charge >= 0.3 is 0 Å². The predicted octanol–water partition coefficient (Wildman–Crippen LogP) is 1.70. The Balaban J connectivity index is 1.63. The lowest BCUT2D eigenvalue weighted by Crippen LogP contribution is -2.51. The summed E-state index contributed by atoms with van der Waals surface area (Å²) < 4.78 is 0. The summed E-state index contributed by atoms with van der Waals surface area (Å²) in [7, 11) is 0. The number of carbonyl (C=O) groups excluding carboxylic acids is 2. The molecule has 118 valence electrons. The van der Waals surface area contributed by atoms with Gasteiger partial charge < -0.3 is 16.0 Å². The molecule has 2 amide bonds. The van der Waals surface area contributed by atoms with Crippen LogP contribution in [0.5, 0.6) is 0 Å². The van der Waals surface area contributed by atoms with Crippen LogP contribution in [0.25, 0.3) is 0 Å². The summed E-state index contributed by atoms with van der Waals surface area (Å²) in [5.41, 5.74) is 7.36. The number of benzene rings is 1. The summed E-state index contributed by atoms with van der Waals surface area (Å²) >= 11 is 0. The van der Waals surface area contributed by atoms with Gasteiger partial charge in [-0.3, -0.25) is 9.59 Å². The van der Waals surface area contributed by atoms with Crippen LogP contribution in [0.4, 0.5) is 5.69 Å². The Hall–Kier alpha value is -1.88. The Morgan fingerprint density at radius 2 is 2.05 bits per heavy atom. The number of anilines is 1. The quantitative estimate of drug-likeness (QED) is 0.889. The fourth-order valence-corrected chi connectivity index (χ4v) is 3.35. The van der Waals surface area contributed by atoms with Gasteiger partial charge in [0, 0.05) is 25.2 Å². The van der Waals surface area contributed by atoms with E-state index in [1.165, 1.54) is 0 Å². The Morgan fingerprint density at radius 3 is 2.73 bits per heavy atom. The number of hydrogen-bond donors (Lipinski definition) is 2. The number of amides is 2. The maximum atomic E-state index is 12.2. The van der Waals surface area contributed by atoms with Crippen LogP contribution < -0.4 is 16.0 Å². The summed E-state index contributed by atoms with van der Waals surface area (Å²) in [5, 5.41) is 2.94. The highest BCUT2D eigenvalue weighted by Gasteiger charge is 2.36. The van der Waals surface area contributed by atoms with Crippen molar-refractivity contribution in [3.05, 3.63) is 29.8 Å². The molecule has 0 spiro atoms. The lowest BCUT2D eigenvalue weighted by Gasteiger charge is -2.22. The molecule has 0 unspecified atom stereocenters. The number of nitrogens with one attached hydrogen (secondary N) is 1. The second-order valence-corrected chi connectivity index (χ2v) is 6.36. The van der Waals surface area contributed by atoms with Gasteiger partial charge in [-0.15, -0.1) is 0 Å². The van der Waals surface area contributed by atoms with Crippen LogP contribution in [0.1, 0.15) is 44.1 Å². The molecule has 1 saturated heterocycles. The zero-order valence-electron chi connectivity index (χ0n) is 12.8. The first kappa shape index (κ1) is 15.0. The fraction of sp³-hybridized carbons (Fsp3) is 0.529. The van der Waals surface area contributed by atoms with E-state index in [1.54, 1.807) is 0 Å². The van der Waals surface area contributed by atoms with Crippen molar-refractivity contribution in [1.29, 1.82) is 0 Å². The van der Waals surface area contributed by atoms with Gasteiger partial charge in [0.05, 0.1) is 5.54 Å². The number of nitrogens with zero attached hydrogens (tertiary/aromatic N) is 1. The zero-order chi connectivity index (χ0) is 15.6. The average molecular weight is 301 g/mol. The largest absolute Gasteiger partial charge is 0.350 e. The van der Waals surface area contributed by atoms with E-state index in [-0.39, 0.29) is 11.8 Å². The van der Waals surface area contributed by atoms with Crippen molar-refractivity contribution in [2.24, 2.45) is 5.73 Å². The molecule has 5 heteroatoms. The molecule has 0 atom stereocenters. The van der Waals surface area contributed by atoms with E-state index in [4.69, 9.17) is 5.73 Å². The van der Waals surface area contributed by atoms with E-state index in [0.29, 0.717) is 13.0 Å². The first-order valence-corrected chi connectivity index (χ1v) is 8.05. The minimum absolute atomic E-state index is 0.0624. The molecule has 0 aromatic heterocycles. The second kappa shape index (κ2) is 6.08. The minimum atomic E-state index is -0.692. The predicted molar refractivity (Wildman–Crippen MR) is 85.3 cm³/mol. The lowest BCUT2D eigenvalue weighted by molar-refractivity contribution is -0.126. The van der Waals surface area contributed by atoms with Crippen molar-refractivity contribution in [2.75, 3.05) is 11.4 Å². The molecule has 3 N–H and O–H groups in total. The molecule has 1 saturated carbocycles. The standard InChI is InChI=1S/C17H23N3O2/c18-17(8-1-2-9-17)16(22)19-12-13-5-3-6-14(11-13)20-10-4-7-15(20)21/h3,5-6,11H,1-2,4,7-10,12,18H2,(H,19,22). The second-order valence-electron chi connectivity index (χ2n) is 6.36. The SMILES string of the molecule is NC1(C(=O)NCc2cccc(N3CCCC3=O)c2)CCCC1. The van der Waals surface area contributed by atoms with E-state index in [1.807, 2.05) is 29.2 Å². The third kappa shape index (κ3) is 2.99. The van der Waals surface area contributed by atoms with Crippen molar-refractivity contribution < 1.29 is 9.59 Å². The van der Waals surface area contributed by atoms with Crippen molar-refractivity contribution in [2.45, 2.75) is 50.6 Å². The van der Waals surface area contributed by atoms with Crippen molar-refractivity contribution in [3.8, 4) is 0 Å².